The Morgan fingerprint density at radius 1 is 0.979 bits per heavy atom. The molecule has 1 saturated heterocycles. The van der Waals surface area contributed by atoms with Gasteiger partial charge in [0, 0.05) is 41.7 Å². The molecule has 5 atom stereocenters. The number of anilines is 2. The first-order valence-corrected chi connectivity index (χ1v) is 18.7. The highest BCUT2D eigenvalue weighted by atomic mass is 79.9. The Labute approximate surface area is 283 Å². The number of aryl methyl sites for hydroxylation is 1. The van der Waals surface area contributed by atoms with Gasteiger partial charge in [-0.05, 0) is 31.2 Å². The SMILES string of the molecule is Cc1cn(C2CC(OP(=O)(O)Oc3cccc(NC(=O)CBr)c3)C(COP(=O)(O)Oc3cccc(NC(=O)CBr)c3)O2)c(=O)[nH]c1=O. The molecule has 0 aliphatic carbocycles. The summed E-state index contributed by atoms with van der Waals surface area (Å²) in [7, 11) is -9.82. The monoisotopic (exact) mass is 824 g/mol. The number of alkyl halides is 2. The average Bonchev–Trinajstić information content (AvgIpc) is 3.39. The lowest BCUT2D eigenvalue weighted by molar-refractivity contribution is -0.114. The van der Waals surface area contributed by atoms with Crippen LogP contribution in [0.4, 0.5) is 11.4 Å². The van der Waals surface area contributed by atoms with Crippen LogP contribution in [0.25, 0.3) is 0 Å². The van der Waals surface area contributed by atoms with Gasteiger partial charge in [0.15, 0.2) is 0 Å². The molecule has 1 fully saturated rings. The highest BCUT2D eigenvalue weighted by Crippen LogP contribution is 2.50. The summed E-state index contributed by atoms with van der Waals surface area (Å²) in [5, 5.41) is 5.11. The summed E-state index contributed by atoms with van der Waals surface area (Å²) in [4.78, 5) is 71.0. The van der Waals surface area contributed by atoms with Gasteiger partial charge < -0.3 is 24.4 Å². The molecule has 17 nitrogen and oxygen atoms in total. The number of ether oxygens (including phenoxy) is 1. The maximum Gasteiger partial charge on any atom is 0.527 e. The molecule has 0 radical (unpaired) electrons. The summed E-state index contributed by atoms with van der Waals surface area (Å²) < 4.78 is 53.6. The summed E-state index contributed by atoms with van der Waals surface area (Å²) >= 11 is 6.03. The smallest absolute Gasteiger partial charge is 0.404 e. The van der Waals surface area contributed by atoms with Crippen LogP contribution in [0.5, 0.6) is 11.5 Å². The van der Waals surface area contributed by atoms with E-state index in [1.165, 1.54) is 61.7 Å². The van der Waals surface area contributed by atoms with Crippen molar-refractivity contribution in [1.82, 2.24) is 9.55 Å². The van der Waals surface area contributed by atoms with Crippen LogP contribution in [0.15, 0.2) is 64.3 Å². The summed E-state index contributed by atoms with van der Waals surface area (Å²) in [6, 6.07) is 11.2. The number of aromatic nitrogens is 2. The third-order valence-electron chi connectivity index (χ3n) is 6.23. The minimum absolute atomic E-state index is 0.0116. The summed E-state index contributed by atoms with van der Waals surface area (Å²) in [6.45, 7) is 0.711. The van der Waals surface area contributed by atoms with Crippen molar-refractivity contribution < 1.29 is 51.3 Å². The molecule has 47 heavy (non-hydrogen) atoms. The van der Waals surface area contributed by atoms with Crippen molar-refractivity contribution in [1.29, 1.82) is 0 Å². The fourth-order valence-corrected chi connectivity index (χ4v) is 6.27. The molecule has 3 aromatic rings. The minimum atomic E-state index is -4.95. The van der Waals surface area contributed by atoms with Crippen molar-refractivity contribution in [3.63, 3.8) is 0 Å². The molecule has 2 heterocycles. The van der Waals surface area contributed by atoms with E-state index in [2.05, 4.69) is 47.5 Å². The van der Waals surface area contributed by atoms with E-state index >= 15 is 0 Å². The molecule has 1 aliphatic rings. The Balaban J connectivity index is 1.51. The lowest BCUT2D eigenvalue weighted by Crippen LogP contribution is -2.33. The molecule has 0 spiro atoms. The van der Waals surface area contributed by atoms with Gasteiger partial charge in [-0.3, -0.25) is 42.8 Å². The Kier molecular flexibility index (Phi) is 12.4. The van der Waals surface area contributed by atoms with Crippen molar-refractivity contribution in [2.45, 2.75) is 31.8 Å². The van der Waals surface area contributed by atoms with E-state index in [9.17, 15) is 38.1 Å². The first kappa shape index (κ1) is 36.7. The van der Waals surface area contributed by atoms with Crippen LogP contribution >= 0.6 is 47.5 Å². The summed E-state index contributed by atoms with van der Waals surface area (Å²) in [6.07, 6.45) is -2.93. The minimum Gasteiger partial charge on any atom is -0.404 e. The van der Waals surface area contributed by atoms with E-state index in [0.29, 0.717) is 0 Å². The molecule has 254 valence electrons. The molecule has 1 aromatic heterocycles. The number of aromatic amines is 1. The Morgan fingerprint density at radius 2 is 1.53 bits per heavy atom. The van der Waals surface area contributed by atoms with Gasteiger partial charge in [-0.2, -0.15) is 0 Å². The molecule has 5 unspecified atom stereocenters. The second kappa shape index (κ2) is 15.9. The topological polar surface area (TPSA) is 234 Å². The highest BCUT2D eigenvalue weighted by molar-refractivity contribution is 9.09. The van der Waals surface area contributed by atoms with Gasteiger partial charge in [0.25, 0.3) is 5.56 Å². The van der Waals surface area contributed by atoms with Gasteiger partial charge in [-0.15, -0.1) is 0 Å². The number of H-pyrrole nitrogens is 1. The molecule has 1 aliphatic heterocycles. The number of hydrogen-bond donors (Lipinski definition) is 5. The number of benzene rings is 2. The molecule has 4 rings (SSSR count). The van der Waals surface area contributed by atoms with E-state index in [1.807, 2.05) is 0 Å². The number of rotatable bonds is 14. The third-order valence-corrected chi connectivity index (χ3v) is 9.14. The van der Waals surface area contributed by atoms with Crippen molar-refractivity contribution in [2.75, 3.05) is 27.9 Å². The molecular weight excluding hydrogens is 798 g/mol. The van der Waals surface area contributed by atoms with Gasteiger partial charge in [-0.25, -0.2) is 13.9 Å². The van der Waals surface area contributed by atoms with Gasteiger partial charge in [0.1, 0.15) is 29.9 Å². The first-order valence-electron chi connectivity index (χ1n) is 13.4. The fourth-order valence-electron chi connectivity index (χ4n) is 4.24. The predicted molar refractivity (Wildman–Crippen MR) is 174 cm³/mol. The Morgan fingerprint density at radius 3 is 2.09 bits per heavy atom. The molecule has 2 amide bonds. The Bertz CT molecular complexity index is 1840. The van der Waals surface area contributed by atoms with Gasteiger partial charge in [0.2, 0.25) is 11.8 Å². The zero-order chi connectivity index (χ0) is 34.4. The van der Waals surface area contributed by atoms with E-state index in [-0.39, 0.29) is 57.3 Å². The van der Waals surface area contributed by atoms with Crippen molar-refractivity contribution in [3.05, 3.63) is 81.1 Å². The third kappa shape index (κ3) is 10.7. The summed E-state index contributed by atoms with van der Waals surface area (Å²) in [5.74, 6) is -1.02. The number of phosphoric ester groups is 2. The number of carbonyl (C=O) groups is 2. The lowest BCUT2D eigenvalue weighted by atomic mass is 10.2. The van der Waals surface area contributed by atoms with Crippen LogP contribution < -0.4 is 30.9 Å². The molecule has 2 aromatic carbocycles. The fraction of sp³-hybridized carbons (Fsp3) is 0.308. The van der Waals surface area contributed by atoms with E-state index in [0.717, 1.165) is 4.57 Å². The van der Waals surface area contributed by atoms with Crippen LogP contribution in [0.3, 0.4) is 0 Å². The van der Waals surface area contributed by atoms with Crippen LogP contribution in [0.1, 0.15) is 18.2 Å². The second-order valence-electron chi connectivity index (χ2n) is 9.82. The standard InChI is InChI=1S/C26H28Br2N4O13P2/c1-15-13-32(26(36)31-25(15)35)24-10-20(45-47(39,40)44-19-7-3-5-17(9-19)30-23(34)12-28)21(42-24)14-41-46(37,38)43-18-6-2-4-16(8-18)29-22(33)11-27/h2-9,13,20-21,24H,10-12,14H2,1H3,(H,29,33)(H,30,34)(H,37,38)(H,39,40)(H,31,35,36). The number of halogens is 2. The predicted octanol–water partition coefficient (Wildman–Crippen LogP) is 3.56. The lowest BCUT2D eigenvalue weighted by Gasteiger charge is -2.22. The second-order valence-corrected chi connectivity index (χ2v) is 13.7. The number of phosphoric acid groups is 2. The highest BCUT2D eigenvalue weighted by Gasteiger charge is 2.44. The molecular formula is C26H28Br2N4O13P2. The van der Waals surface area contributed by atoms with Gasteiger partial charge >= 0.3 is 21.3 Å². The number of hydrogen-bond acceptors (Lipinski definition) is 11. The maximum absolute atomic E-state index is 13.1. The largest absolute Gasteiger partial charge is 0.527 e. The summed E-state index contributed by atoms with van der Waals surface area (Å²) in [5.41, 5.74) is -0.770. The van der Waals surface area contributed by atoms with Crippen LogP contribution in [-0.2, 0) is 32.5 Å². The number of nitrogens with one attached hydrogen (secondary N) is 3. The maximum atomic E-state index is 13.1. The Hall–Kier alpha value is -3.12. The van der Waals surface area contributed by atoms with E-state index in [4.69, 9.17) is 22.8 Å². The van der Waals surface area contributed by atoms with Crippen LogP contribution in [0.2, 0.25) is 0 Å². The molecule has 5 N–H and O–H groups in total. The molecule has 0 saturated carbocycles. The van der Waals surface area contributed by atoms with Crippen LogP contribution in [-0.4, -0.2) is 60.6 Å². The number of nitrogens with zero attached hydrogens (tertiary/aromatic N) is 1. The van der Waals surface area contributed by atoms with Crippen molar-refractivity contribution in [2.24, 2.45) is 0 Å². The number of amides is 2. The zero-order valence-corrected chi connectivity index (χ0v) is 29.2. The average molecular weight is 826 g/mol. The normalized spacial score (nSPS) is 20.1. The van der Waals surface area contributed by atoms with E-state index in [1.54, 1.807) is 0 Å². The molecule has 21 heteroatoms. The van der Waals surface area contributed by atoms with E-state index < -0.39 is 51.9 Å². The molecule has 0 bridgehead atoms. The zero-order valence-electron chi connectivity index (χ0n) is 24.2. The number of carbonyl (C=O) groups excluding carboxylic acids is 2. The quantitative estimate of drug-likeness (QED) is 0.116. The van der Waals surface area contributed by atoms with Gasteiger partial charge in [-0.1, -0.05) is 44.0 Å². The first-order chi connectivity index (χ1) is 22.2. The van der Waals surface area contributed by atoms with Crippen molar-refractivity contribution in [3.8, 4) is 11.5 Å². The van der Waals surface area contributed by atoms with Crippen molar-refractivity contribution >= 4 is 70.7 Å². The van der Waals surface area contributed by atoms with Crippen LogP contribution in [0, 0.1) is 6.92 Å². The van der Waals surface area contributed by atoms with Gasteiger partial charge in [0.05, 0.1) is 17.3 Å².